The van der Waals surface area contributed by atoms with Crippen molar-refractivity contribution in [2.75, 3.05) is 18.0 Å². The average molecular weight is 228 g/mol. The van der Waals surface area contributed by atoms with Crippen molar-refractivity contribution in [1.29, 1.82) is 5.26 Å². The summed E-state index contributed by atoms with van der Waals surface area (Å²) in [4.78, 5) is 1.96. The number of terminal acetylenes is 1. The minimum absolute atomic E-state index is 0.463. The molecule has 0 saturated carbocycles. The summed E-state index contributed by atoms with van der Waals surface area (Å²) < 4.78 is 0. The van der Waals surface area contributed by atoms with Crippen LogP contribution in [0.4, 0.5) is 5.69 Å². The fourth-order valence-electron chi connectivity index (χ4n) is 1.72. The van der Waals surface area contributed by atoms with Gasteiger partial charge in [0, 0.05) is 17.8 Å². The van der Waals surface area contributed by atoms with E-state index in [9.17, 15) is 5.11 Å². The lowest BCUT2D eigenvalue weighted by Crippen LogP contribution is -2.24. The third-order valence-electron chi connectivity index (χ3n) is 2.61. The number of aliphatic hydroxyl groups excluding tert-OH is 1. The summed E-state index contributed by atoms with van der Waals surface area (Å²) in [6.45, 7) is 4.89. The van der Waals surface area contributed by atoms with Crippen LogP contribution in [0.5, 0.6) is 0 Å². The second-order valence-electron chi connectivity index (χ2n) is 3.78. The molecule has 1 atom stereocenters. The zero-order valence-corrected chi connectivity index (χ0v) is 10.1. The van der Waals surface area contributed by atoms with Gasteiger partial charge >= 0.3 is 0 Å². The van der Waals surface area contributed by atoms with Crippen LogP contribution in [0, 0.1) is 23.7 Å². The lowest BCUT2D eigenvalue weighted by molar-refractivity contribution is 0.199. The molecule has 0 radical (unpaired) electrons. The topological polar surface area (TPSA) is 47.3 Å². The van der Waals surface area contributed by atoms with Crippen molar-refractivity contribution in [1.82, 2.24) is 0 Å². The van der Waals surface area contributed by atoms with Gasteiger partial charge in [0.15, 0.2) is 0 Å². The van der Waals surface area contributed by atoms with Gasteiger partial charge < -0.3 is 10.0 Å². The third kappa shape index (κ3) is 3.00. The first-order valence-corrected chi connectivity index (χ1v) is 5.54. The molecule has 17 heavy (non-hydrogen) atoms. The third-order valence-corrected chi connectivity index (χ3v) is 2.61. The van der Waals surface area contributed by atoms with Crippen molar-refractivity contribution >= 4 is 5.69 Å². The van der Waals surface area contributed by atoms with Gasteiger partial charge in [0.1, 0.15) is 0 Å². The van der Waals surface area contributed by atoms with Crippen molar-refractivity contribution in [3.8, 4) is 18.4 Å². The normalized spacial score (nSPS) is 11.4. The molecule has 0 amide bonds. The van der Waals surface area contributed by atoms with E-state index in [4.69, 9.17) is 11.7 Å². The van der Waals surface area contributed by atoms with Gasteiger partial charge in [0.05, 0.1) is 24.3 Å². The largest absolute Gasteiger partial charge is 0.389 e. The number of anilines is 1. The summed E-state index contributed by atoms with van der Waals surface area (Å²) in [5.74, 6) is 2.58. The van der Waals surface area contributed by atoms with Gasteiger partial charge in [0.2, 0.25) is 0 Å². The Bertz CT molecular complexity index is 466. The van der Waals surface area contributed by atoms with Gasteiger partial charge in [-0.3, -0.25) is 0 Å². The van der Waals surface area contributed by atoms with Gasteiger partial charge in [0.25, 0.3) is 0 Å². The Labute approximate surface area is 102 Å². The number of hydrogen-bond acceptors (Lipinski definition) is 3. The van der Waals surface area contributed by atoms with Crippen LogP contribution in [0.1, 0.15) is 31.1 Å². The molecule has 0 spiro atoms. The molecule has 3 nitrogen and oxygen atoms in total. The van der Waals surface area contributed by atoms with E-state index in [1.54, 1.807) is 25.1 Å². The highest BCUT2D eigenvalue weighted by Crippen LogP contribution is 2.27. The second kappa shape index (κ2) is 5.94. The highest BCUT2D eigenvalue weighted by Gasteiger charge is 2.13. The molecule has 1 rings (SSSR count). The zero-order valence-electron chi connectivity index (χ0n) is 10.1. The second-order valence-corrected chi connectivity index (χ2v) is 3.78. The van der Waals surface area contributed by atoms with Gasteiger partial charge in [-0.2, -0.15) is 5.26 Å². The van der Waals surface area contributed by atoms with Crippen LogP contribution in [-0.4, -0.2) is 18.2 Å². The molecule has 1 unspecified atom stereocenters. The molecule has 0 heterocycles. The Hall–Kier alpha value is -1.97. The summed E-state index contributed by atoms with van der Waals surface area (Å²) in [5, 5.41) is 18.6. The Balaban J connectivity index is 3.26. The van der Waals surface area contributed by atoms with E-state index in [2.05, 4.69) is 12.0 Å². The lowest BCUT2D eigenvalue weighted by atomic mass is 10.0. The monoisotopic (exact) mass is 228 g/mol. The Morgan fingerprint density at radius 2 is 2.24 bits per heavy atom. The summed E-state index contributed by atoms with van der Waals surface area (Å²) in [7, 11) is 0. The maximum absolute atomic E-state index is 9.72. The Morgan fingerprint density at radius 3 is 2.71 bits per heavy atom. The van der Waals surface area contributed by atoms with Crippen LogP contribution in [0.25, 0.3) is 0 Å². The first-order valence-electron chi connectivity index (χ1n) is 5.54. The molecule has 0 fully saturated rings. The highest BCUT2D eigenvalue weighted by molar-refractivity contribution is 5.59. The van der Waals surface area contributed by atoms with Crippen LogP contribution in [-0.2, 0) is 0 Å². The van der Waals surface area contributed by atoms with Crippen molar-refractivity contribution in [2.24, 2.45) is 0 Å². The molecule has 3 heteroatoms. The molecule has 0 aliphatic rings. The maximum atomic E-state index is 9.72. The molecule has 1 aromatic carbocycles. The van der Waals surface area contributed by atoms with E-state index < -0.39 is 6.10 Å². The number of benzene rings is 1. The number of nitrogens with zero attached hydrogens (tertiary/aromatic N) is 2. The summed E-state index contributed by atoms with van der Waals surface area (Å²) in [6, 6.07) is 7.34. The first kappa shape index (κ1) is 13.1. The molecule has 0 bridgehead atoms. The minimum atomic E-state index is -0.579. The van der Waals surface area contributed by atoms with Crippen LogP contribution < -0.4 is 4.90 Å². The Kier molecular flexibility index (Phi) is 4.57. The van der Waals surface area contributed by atoms with E-state index in [1.165, 1.54) is 0 Å². The average Bonchev–Trinajstić information content (AvgIpc) is 2.35. The molecule has 0 aliphatic carbocycles. The molecule has 1 N–H and O–H groups in total. The van der Waals surface area contributed by atoms with Gasteiger partial charge in [-0.1, -0.05) is 12.0 Å². The smallest absolute Gasteiger partial charge is 0.0992 e. The number of hydrogen-bond donors (Lipinski definition) is 1. The molecule has 0 aliphatic heterocycles. The summed E-state index contributed by atoms with van der Waals surface area (Å²) >= 11 is 0. The molecule has 0 saturated heterocycles. The van der Waals surface area contributed by atoms with Crippen LogP contribution >= 0.6 is 0 Å². The van der Waals surface area contributed by atoms with Crippen molar-refractivity contribution in [3.05, 3.63) is 29.3 Å². The Morgan fingerprint density at radius 1 is 1.53 bits per heavy atom. The lowest BCUT2D eigenvalue weighted by Gasteiger charge is -2.24. The quantitative estimate of drug-likeness (QED) is 0.802. The summed E-state index contributed by atoms with van der Waals surface area (Å²) in [6.07, 6.45) is 4.74. The van der Waals surface area contributed by atoms with E-state index in [-0.39, 0.29) is 0 Å². The van der Waals surface area contributed by atoms with Gasteiger partial charge in [-0.05, 0) is 26.0 Å². The molecule has 0 aromatic heterocycles. The van der Waals surface area contributed by atoms with Crippen LogP contribution in [0.3, 0.4) is 0 Å². The van der Waals surface area contributed by atoms with E-state index in [0.29, 0.717) is 12.1 Å². The molecular formula is C14H16N2O. The predicted octanol–water partition coefficient (Wildman–Crippen LogP) is 2.07. The molecule has 1 aromatic rings. The van der Waals surface area contributed by atoms with Crippen molar-refractivity contribution < 1.29 is 5.11 Å². The van der Waals surface area contributed by atoms with E-state index in [1.807, 2.05) is 11.8 Å². The minimum Gasteiger partial charge on any atom is -0.389 e. The van der Waals surface area contributed by atoms with Gasteiger partial charge in [-0.25, -0.2) is 0 Å². The number of aliphatic hydroxyl groups is 1. The predicted molar refractivity (Wildman–Crippen MR) is 68.5 cm³/mol. The zero-order chi connectivity index (χ0) is 12.8. The van der Waals surface area contributed by atoms with Crippen LogP contribution in [0.15, 0.2) is 18.2 Å². The number of rotatable bonds is 4. The fourth-order valence-corrected chi connectivity index (χ4v) is 1.72. The first-order chi connectivity index (χ1) is 8.13. The van der Waals surface area contributed by atoms with Gasteiger partial charge in [-0.15, -0.1) is 6.42 Å². The standard InChI is InChI=1S/C14H16N2O/c1-4-8-16(5-2)14-9-12(10-15)6-7-13(14)11(3)17/h1,6-7,9,11,17H,5,8H2,2-3H3. The molecular weight excluding hydrogens is 212 g/mol. The number of nitriles is 1. The SMILES string of the molecule is C#CCN(CC)c1cc(C#N)ccc1C(C)O. The highest BCUT2D eigenvalue weighted by atomic mass is 16.3. The van der Waals surface area contributed by atoms with Crippen LogP contribution in [0.2, 0.25) is 0 Å². The van der Waals surface area contributed by atoms with Crippen molar-refractivity contribution in [3.63, 3.8) is 0 Å². The van der Waals surface area contributed by atoms with E-state index in [0.717, 1.165) is 17.8 Å². The summed E-state index contributed by atoms with van der Waals surface area (Å²) in [5.41, 5.74) is 2.19. The van der Waals surface area contributed by atoms with E-state index >= 15 is 0 Å². The fraction of sp³-hybridized carbons (Fsp3) is 0.357. The van der Waals surface area contributed by atoms with Crippen molar-refractivity contribution in [2.45, 2.75) is 20.0 Å². The maximum Gasteiger partial charge on any atom is 0.0992 e. The molecule has 88 valence electrons.